The zero-order valence-corrected chi connectivity index (χ0v) is 16.6. The Morgan fingerprint density at radius 2 is 1.60 bits per heavy atom. The molecule has 0 saturated carbocycles. The van der Waals surface area contributed by atoms with Crippen LogP contribution in [0, 0.1) is 0 Å². The zero-order valence-electron chi connectivity index (χ0n) is 16.6. The number of hydrogen-bond acceptors (Lipinski definition) is 3. The lowest BCUT2D eigenvalue weighted by molar-refractivity contribution is -0.123. The second kappa shape index (κ2) is 9.27. The van der Waals surface area contributed by atoms with Crippen LogP contribution in [0.1, 0.15) is 29.0 Å². The largest absolute Gasteiger partial charge is 0.484 e. The summed E-state index contributed by atoms with van der Waals surface area (Å²) in [4.78, 5) is 23.9. The second-order valence-electron chi connectivity index (χ2n) is 7.33. The average Bonchev–Trinajstić information content (AvgIpc) is 2.79. The van der Waals surface area contributed by atoms with Crippen LogP contribution in [0.15, 0.2) is 78.9 Å². The van der Waals surface area contributed by atoms with Crippen molar-refractivity contribution in [2.75, 3.05) is 18.5 Å². The number of hydrogen-bond donors (Lipinski definition) is 2. The van der Waals surface area contributed by atoms with Gasteiger partial charge in [0.1, 0.15) is 5.75 Å². The molecule has 0 atom stereocenters. The van der Waals surface area contributed by atoms with Crippen LogP contribution < -0.4 is 15.4 Å². The van der Waals surface area contributed by atoms with Crippen LogP contribution in [0.25, 0.3) is 0 Å². The standard InChI is InChI=1S/C25H24N2O3/c28-24-14-11-20-15-21(12-13-23(20)27-24)30-17-25(29)26-16-22(18-7-3-1-4-8-18)19-9-5-2-6-10-19/h1-10,12-13,15,22H,11,14,16-17H2,(H,26,29)(H,27,28). The van der Waals surface area contributed by atoms with E-state index in [2.05, 4.69) is 34.9 Å². The Morgan fingerprint density at radius 1 is 0.933 bits per heavy atom. The molecule has 4 rings (SSSR count). The van der Waals surface area contributed by atoms with Gasteiger partial charge in [0.2, 0.25) is 5.91 Å². The molecule has 0 aromatic heterocycles. The lowest BCUT2D eigenvalue weighted by Gasteiger charge is -2.19. The van der Waals surface area contributed by atoms with E-state index >= 15 is 0 Å². The summed E-state index contributed by atoms with van der Waals surface area (Å²) < 4.78 is 5.68. The van der Waals surface area contributed by atoms with Crippen LogP contribution in [0.4, 0.5) is 5.69 Å². The number of aryl methyl sites for hydroxylation is 1. The minimum Gasteiger partial charge on any atom is -0.484 e. The fourth-order valence-electron chi connectivity index (χ4n) is 3.66. The fourth-order valence-corrected chi connectivity index (χ4v) is 3.66. The summed E-state index contributed by atoms with van der Waals surface area (Å²) in [6.07, 6.45) is 1.15. The number of ether oxygens (including phenoxy) is 1. The van der Waals surface area contributed by atoms with Crippen molar-refractivity contribution in [1.29, 1.82) is 0 Å². The van der Waals surface area contributed by atoms with Gasteiger partial charge in [-0.15, -0.1) is 0 Å². The first-order chi connectivity index (χ1) is 14.7. The van der Waals surface area contributed by atoms with E-state index < -0.39 is 0 Å². The lowest BCUT2D eigenvalue weighted by Crippen LogP contribution is -2.32. The van der Waals surface area contributed by atoms with E-state index in [9.17, 15) is 9.59 Å². The van der Waals surface area contributed by atoms with Gasteiger partial charge in [0, 0.05) is 24.6 Å². The number of fused-ring (bicyclic) bond motifs is 1. The zero-order chi connectivity index (χ0) is 20.8. The molecule has 0 aliphatic carbocycles. The van der Waals surface area contributed by atoms with E-state index in [-0.39, 0.29) is 24.3 Å². The molecule has 1 heterocycles. The Kier molecular flexibility index (Phi) is 6.09. The fraction of sp³-hybridized carbons (Fsp3) is 0.200. The van der Waals surface area contributed by atoms with Gasteiger partial charge in [-0.25, -0.2) is 0 Å². The number of rotatable bonds is 7. The molecule has 0 bridgehead atoms. The Hall–Kier alpha value is -3.60. The molecule has 1 aliphatic heterocycles. The summed E-state index contributed by atoms with van der Waals surface area (Å²) in [5, 5.41) is 5.84. The highest BCUT2D eigenvalue weighted by Crippen LogP contribution is 2.27. The van der Waals surface area contributed by atoms with Crippen LogP contribution in [0.2, 0.25) is 0 Å². The SMILES string of the molecule is O=C(COc1ccc2c(c1)CCC(=O)N2)NCC(c1ccccc1)c1ccccc1. The quantitative estimate of drug-likeness (QED) is 0.632. The van der Waals surface area contributed by atoms with Crippen molar-refractivity contribution >= 4 is 17.5 Å². The van der Waals surface area contributed by atoms with Gasteiger partial charge in [0.25, 0.3) is 5.91 Å². The van der Waals surface area contributed by atoms with E-state index in [1.54, 1.807) is 6.07 Å². The van der Waals surface area contributed by atoms with Crippen LogP contribution in [0.5, 0.6) is 5.75 Å². The van der Waals surface area contributed by atoms with Crippen LogP contribution in [0.3, 0.4) is 0 Å². The molecule has 2 amide bonds. The number of carbonyl (C=O) groups is 2. The molecule has 30 heavy (non-hydrogen) atoms. The van der Waals surface area contributed by atoms with Gasteiger partial charge in [-0.3, -0.25) is 9.59 Å². The lowest BCUT2D eigenvalue weighted by atomic mass is 9.91. The van der Waals surface area contributed by atoms with Gasteiger partial charge in [0.05, 0.1) is 0 Å². The van der Waals surface area contributed by atoms with E-state index in [0.717, 1.165) is 22.4 Å². The highest BCUT2D eigenvalue weighted by Gasteiger charge is 2.17. The maximum atomic E-state index is 12.4. The maximum Gasteiger partial charge on any atom is 0.257 e. The number of carbonyl (C=O) groups excluding carboxylic acids is 2. The molecule has 0 saturated heterocycles. The van der Waals surface area contributed by atoms with E-state index in [1.165, 1.54) is 0 Å². The van der Waals surface area contributed by atoms with Crippen molar-refractivity contribution in [3.63, 3.8) is 0 Å². The number of nitrogens with one attached hydrogen (secondary N) is 2. The summed E-state index contributed by atoms with van der Waals surface area (Å²) in [7, 11) is 0. The van der Waals surface area contributed by atoms with E-state index in [0.29, 0.717) is 25.1 Å². The maximum absolute atomic E-state index is 12.4. The molecule has 0 radical (unpaired) electrons. The summed E-state index contributed by atoms with van der Waals surface area (Å²) in [6.45, 7) is 0.438. The molecule has 3 aromatic carbocycles. The van der Waals surface area contributed by atoms with Gasteiger partial charge < -0.3 is 15.4 Å². The van der Waals surface area contributed by atoms with Gasteiger partial charge in [-0.2, -0.15) is 0 Å². The Morgan fingerprint density at radius 3 is 2.27 bits per heavy atom. The molecule has 1 aliphatic rings. The van der Waals surface area contributed by atoms with Gasteiger partial charge in [-0.05, 0) is 41.3 Å². The minimum atomic E-state index is -0.169. The summed E-state index contributed by atoms with van der Waals surface area (Å²) in [6, 6.07) is 25.8. The first-order valence-corrected chi connectivity index (χ1v) is 10.1. The van der Waals surface area contributed by atoms with Crippen LogP contribution in [-0.2, 0) is 16.0 Å². The summed E-state index contributed by atoms with van der Waals surface area (Å²) in [5.41, 5.74) is 4.15. The number of benzene rings is 3. The Balaban J connectivity index is 1.36. The normalized spacial score (nSPS) is 12.8. The predicted octanol–water partition coefficient (Wildman–Crippen LogP) is 3.90. The van der Waals surface area contributed by atoms with Gasteiger partial charge in [-0.1, -0.05) is 60.7 Å². The average molecular weight is 400 g/mol. The van der Waals surface area contributed by atoms with E-state index in [4.69, 9.17) is 4.74 Å². The molecule has 3 aromatic rings. The third-order valence-electron chi connectivity index (χ3n) is 5.25. The van der Waals surface area contributed by atoms with Gasteiger partial charge in [0.15, 0.2) is 6.61 Å². The third-order valence-corrected chi connectivity index (χ3v) is 5.25. The topological polar surface area (TPSA) is 67.4 Å². The van der Waals surface area contributed by atoms with Crippen LogP contribution >= 0.6 is 0 Å². The highest BCUT2D eigenvalue weighted by molar-refractivity contribution is 5.94. The number of anilines is 1. The van der Waals surface area contributed by atoms with Crippen LogP contribution in [-0.4, -0.2) is 25.0 Å². The predicted molar refractivity (Wildman–Crippen MR) is 117 cm³/mol. The molecular weight excluding hydrogens is 376 g/mol. The first-order valence-electron chi connectivity index (χ1n) is 10.1. The van der Waals surface area contributed by atoms with Crippen molar-refractivity contribution < 1.29 is 14.3 Å². The molecule has 0 spiro atoms. The van der Waals surface area contributed by atoms with Crippen molar-refractivity contribution in [1.82, 2.24) is 5.32 Å². The van der Waals surface area contributed by atoms with Gasteiger partial charge >= 0.3 is 0 Å². The summed E-state index contributed by atoms with van der Waals surface area (Å²) >= 11 is 0. The van der Waals surface area contributed by atoms with E-state index in [1.807, 2.05) is 48.5 Å². The molecule has 0 fully saturated rings. The van der Waals surface area contributed by atoms with Crippen molar-refractivity contribution in [2.24, 2.45) is 0 Å². The monoisotopic (exact) mass is 400 g/mol. The molecule has 5 heteroatoms. The van der Waals surface area contributed by atoms with Crippen molar-refractivity contribution in [3.05, 3.63) is 95.6 Å². The van der Waals surface area contributed by atoms with Crippen molar-refractivity contribution in [2.45, 2.75) is 18.8 Å². The first kappa shape index (κ1) is 19.7. The highest BCUT2D eigenvalue weighted by atomic mass is 16.5. The minimum absolute atomic E-state index is 0.0296. The molecule has 5 nitrogen and oxygen atoms in total. The smallest absolute Gasteiger partial charge is 0.257 e. The molecule has 152 valence electrons. The Bertz CT molecular complexity index is 980. The van der Waals surface area contributed by atoms with Crippen molar-refractivity contribution in [3.8, 4) is 5.75 Å². The molecule has 0 unspecified atom stereocenters. The number of amides is 2. The Labute approximate surface area is 176 Å². The third kappa shape index (κ3) is 4.87. The molecule has 2 N–H and O–H groups in total. The molecular formula is C25H24N2O3. The summed E-state index contributed by atoms with van der Waals surface area (Å²) in [5.74, 6) is 0.561. The second-order valence-corrected chi connectivity index (χ2v) is 7.33.